The van der Waals surface area contributed by atoms with E-state index in [1.54, 1.807) is 0 Å². The van der Waals surface area contributed by atoms with Crippen LogP contribution in [0.15, 0.2) is 0 Å². The van der Waals surface area contributed by atoms with E-state index < -0.39 is 0 Å². The lowest BCUT2D eigenvalue weighted by Gasteiger charge is -2.33. The molecule has 0 bridgehead atoms. The predicted octanol–water partition coefficient (Wildman–Crippen LogP) is 1.19. The average molecular weight is 239 g/mol. The van der Waals surface area contributed by atoms with Gasteiger partial charge in [-0.15, -0.1) is 11.3 Å². The minimum absolute atomic E-state index is 0.136. The van der Waals surface area contributed by atoms with Gasteiger partial charge in [-0.25, -0.2) is 4.98 Å². The topological polar surface area (TPSA) is 45.2 Å². The molecule has 88 valence electrons. The molecule has 0 unspecified atom stereocenters. The highest BCUT2D eigenvalue weighted by atomic mass is 32.1. The van der Waals surface area contributed by atoms with Crippen molar-refractivity contribution >= 4 is 17.2 Å². The van der Waals surface area contributed by atoms with Crippen LogP contribution in [0.25, 0.3) is 0 Å². The van der Waals surface area contributed by atoms with Crippen LogP contribution in [0, 0.1) is 13.8 Å². The number of hydrogen-bond acceptors (Lipinski definition) is 4. The minimum atomic E-state index is 0.136. The first kappa shape index (κ1) is 11.5. The van der Waals surface area contributed by atoms with Crippen LogP contribution in [-0.4, -0.2) is 41.5 Å². The Hall–Kier alpha value is -0.940. The summed E-state index contributed by atoms with van der Waals surface area (Å²) in [4.78, 5) is 19.4. The molecule has 1 fully saturated rings. The molecule has 1 N–H and O–H groups in total. The SMILES string of the molecule is Cc1nc(C)c(C(=O)N2CCNC[C@H]2C)s1. The van der Waals surface area contributed by atoms with Gasteiger partial charge in [-0.05, 0) is 20.8 Å². The molecule has 0 aliphatic carbocycles. The van der Waals surface area contributed by atoms with E-state index in [1.165, 1.54) is 11.3 Å². The van der Waals surface area contributed by atoms with Crippen molar-refractivity contribution in [1.82, 2.24) is 15.2 Å². The Morgan fingerprint density at radius 3 is 2.88 bits per heavy atom. The molecule has 1 aliphatic heterocycles. The number of aromatic nitrogens is 1. The number of rotatable bonds is 1. The van der Waals surface area contributed by atoms with Crippen molar-refractivity contribution in [2.24, 2.45) is 0 Å². The molecule has 1 aliphatic rings. The third kappa shape index (κ3) is 2.10. The zero-order valence-electron chi connectivity index (χ0n) is 9.91. The summed E-state index contributed by atoms with van der Waals surface area (Å²) in [5, 5.41) is 4.25. The van der Waals surface area contributed by atoms with Crippen LogP contribution in [0.2, 0.25) is 0 Å². The van der Waals surface area contributed by atoms with Crippen LogP contribution in [-0.2, 0) is 0 Å². The van der Waals surface area contributed by atoms with Gasteiger partial charge in [-0.2, -0.15) is 0 Å². The van der Waals surface area contributed by atoms with E-state index in [-0.39, 0.29) is 11.9 Å². The first-order chi connectivity index (χ1) is 7.59. The second kappa shape index (κ2) is 4.51. The monoisotopic (exact) mass is 239 g/mol. The summed E-state index contributed by atoms with van der Waals surface area (Å²) in [5.41, 5.74) is 0.859. The molecule has 2 heterocycles. The Bertz CT molecular complexity index is 402. The van der Waals surface area contributed by atoms with Crippen molar-refractivity contribution < 1.29 is 4.79 Å². The van der Waals surface area contributed by atoms with Gasteiger partial charge >= 0.3 is 0 Å². The number of carbonyl (C=O) groups is 1. The maximum absolute atomic E-state index is 12.3. The summed E-state index contributed by atoms with van der Waals surface area (Å²) in [6.07, 6.45) is 0. The Morgan fingerprint density at radius 1 is 1.56 bits per heavy atom. The second-order valence-corrected chi connectivity index (χ2v) is 5.40. The molecule has 1 amide bonds. The van der Waals surface area contributed by atoms with Crippen LogP contribution in [0.1, 0.15) is 27.3 Å². The average Bonchev–Trinajstić information content (AvgIpc) is 2.58. The molecule has 16 heavy (non-hydrogen) atoms. The third-order valence-electron chi connectivity index (χ3n) is 2.86. The Balaban J connectivity index is 2.21. The highest BCUT2D eigenvalue weighted by Crippen LogP contribution is 2.20. The quantitative estimate of drug-likeness (QED) is 0.801. The van der Waals surface area contributed by atoms with E-state index in [9.17, 15) is 4.79 Å². The minimum Gasteiger partial charge on any atom is -0.333 e. The summed E-state index contributed by atoms with van der Waals surface area (Å²) in [5.74, 6) is 0.136. The van der Waals surface area contributed by atoms with Crippen molar-refractivity contribution in [2.45, 2.75) is 26.8 Å². The third-order valence-corrected chi connectivity index (χ3v) is 3.92. The summed E-state index contributed by atoms with van der Waals surface area (Å²) in [6, 6.07) is 0.267. The van der Waals surface area contributed by atoms with E-state index in [4.69, 9.17) is 0 Å². The molecule has 1 atom stereocenters. The normalized spacial score (nSPS) is 21.2. The van der Waals surface area contributed by atoms with Gasteiger partial charge in [0.25, 0.3) is 5.91 Å². The van der Waals surface area contributed by atoms with Gasteiger partial charge in [-0.1, -0.05) is 0 Å². The first-order valence-electron chi connectivity index (χ1n) is 5.55. The van der Waals surface area contributed by atoms with E-state index >= 15 is 0 Å². The summed E-state index contributed by atoms with van der Waals surface area (Å²) >= 11 is 1.50. The molecule has 1 saturated heterocycles. The smallest absolute Gasteiger partial charge is 0.266 e. The molecule has 5 heteroatoms. The number of carbonyl (C=O) groups excluding carboxylic acids is 1. The lowest BCUT2D eigenvalue weighted by atomic mass is 10.2. The fraction of sp³-hybridized carbons (Fsp3) is 0.636. The van der Waals surface area contributed by atoms with Crippen LogP contribution in [0.4, 0.5) is 0 Å². The lowest BCUT2D eigenvalue weighted by molar-refractivity contribution is 0.0660. The number of nitrogens with one attached hydrogen (secondary N) is 1. The molecular formula is C11H17N3OS. The Labute approximate surface area is 99.7 Å². The van der Waals surface area contributed by atoms with E-state index in [2.05, 4.69) is 17.2 Å². The largest absolute Gasteiger partial charge is 0.333 e. The summed E-state index contributed by atoms with van der Waals surface area (Å²) in [7, 11) is 0. The maximum Gasteiger partial charge on any atom is 0.266 e. The van der Waals surface area contributed by atoms with Gasteiger partial charge < -0.3 is 10.2 Å². The molecule has 2 rings (SSSR count). The number of nitrogens with zero attached hydrogens (tertiary/aromatic N) is 2. The number of piperazine rings is 1. The fourth-order valence-electron chi connectivity index (χ4n) is 2.00. The van der Waals surface area contributed by atoms with E-state index in [1.807, 2.05) is 18.7 Å². The standard InChI is InChI=1S/C11H17N3OS/c1-7-6-12-4-5-14(7)11(15)10-8(2)13-9(3)16-10/h7,12H,4-6H2,1-3H3/t7-/m1/s1. The molecular weight excluding hydrogens is 222 g/mol. The molecule has 1 aromatic heterocycles. The first-order valence-corrected chi connectivity index (χ1v) is 6.37. The van der Waals surface area contributed by atoms with Gasteiger partial charge in [-0.3, -0.25) is 4.79 Å². The Morgan fingerprint density at radius 2 is 2.31 bits per heavy atom. The summed E-state index contributed by atoms with van der Waals surface area (Å²) in [6.45, 7) is 8.47. The molecule has 4 nitrogen and oxygen atoms in total. The van der Waals surface area contributed by atoms with Gasteiger partial charge in [0.1, 0.15) is 4.88 Å². The van der Waals surface area contributed by atoms with Crippen LogP contribution >= 0.6 is 11.3 Å². The van der Waals surface area contributed by atoms with Crippen molar-refractivity contribution in [2.75, 3.05) is 19.6 Å². The molecule has 0 spiro atoms. The second-order valence-electron chi connectivity index (χ2n) is 4.20. The molecule has 1 aromatic rings. The van der Waals surface area contributed by atoms with Gasteiger partial charge in [0.2, 0.25) is 0 Å². The zero-order chi connectivity index (χ0) is 11.7. The maximum atomic E-state index is 12.3. The molecule has 0 aromatic carbocycles. The highest BCUT2D eigenvalue weighted by Gasteiger charge is 2.26. The van der Waals surface area contributed by atoms with Crippen molar-refractivity contribution in [3.63, 3.8) is 0 Å². The number of thiazole rings is 1. The van der Waals surface area contributed by atoms with Crippen molar-refractivity contribution in [3.05, 3.63) is 15.6 Å². The predicted molar refractivity (Wildman–Crippen MR) is 65.0 cm³/mol. The van der Waals surface area contributed by atoms with E-state index in [0.717, 1.165) is 35.2 Å². The van der Waals surface area contributed by atoms with E-state index in [0.29, 0.717) is 0 Å². The van der Waals surface area contributed by atoms with Crippen LogP contribution in [0.3, 0.4) is 0 Å². The molecule has 0 radical (unpaired) electrons. The lowest BCUT2D eigenvalue weighted by Crippen LogP contribution is -2.52. The zero-order valence-corrected chi connectivity index (χ0v) is 10.7. The number of hydrogen-bond donors (Lipinski definition) is 1. The van der Waals surface area contributed by atoms with Gasteiger partial charge in [0.15, 0.2) is 0 Å². The highest BCUT2D eigenvalue weighted by molar-refractivity contribution is 7.13. The number of aryl methyl sites for hydroxylation is 2. The summed E-state index contributed by atoms with van der Waals surface area (Å²) < 4.78 is 0. The van der Waals surface area contributed by atoms with Crippen molar-refractivity contribution in [3.8, 4) is 0 Å². The van der Waals surface area contributed by atoms with Gasteiger partial charge in [0, 0.05) is 25.7 Å². The molecule has 0 saturated carbocycles. The van der Waals surface area contributed by atoms with Crippen LogP contribution in [0.5, 0.6) is 0 Å². The van der Waals surface area contributed by atoms with Gasteiger partial charge in [0.05, 0.1) is 10.7 Å². The fourth-order valence-corrected chi connectivity index (χ4v) is 2.88. The van der Waals surface area contributed by atoms with Crippen molar-refractivity contribution in [1.29, 1.82) is 0 Å². The number of amides is 1. The van der Waals surface area contributed by atoms with Crippen LogP contribution < -0.4 is 5.32 Å². The Kier molecular flexibility index (Phi) is 3.25.